The molecule has 0 unspecified atom stereocenters. The maximum absolute atomic E-state index is 13.3. The monoisotopic (exact) mass is 508 g/mol. The Morgan fingerprint density at radius 1 is 0.944 bits per heavy atom. The van der Waals surface area contributed by atoms with Crippen molar-refractivity contribution in [3.05, 3.63) is 95.3 Å². The lowest BCUT2D eigenvalue weighted by Gasteiger charge is -2.25. The van der Waals surface area contributed by atoms with Crippen molar-refractivity contribution in [2.75, 3.05) is 10.0 Å². The summed E-state index contributed by atoms with van der Waals surface area (Å²) < 4.78 is 41.7. The summed E-state index contributed by atoms with van der Waals surface area (Å²) in [5.74, 6) is -1.04. The molecule has 0 spiro atoms. The summed E-state index contributed by atoms with van der Waals surface area (Å²) in [5, 5.41) is 6.99. The fraction of sp³-hybridized carbons (Fsp3) is 0.125. The van der Waals surface area contributed by atoms with Crippen LogP contribution in [0.15, 0.2) is 88.8 Å². The molecule has 0 saturated carbocycles. The third kappa shape index (κ3) is 5.28. The highest BCUT2D eigenvalue weighted by molar-refractivity contribution is 7.92. The van der Waals surface area contributed by atoms with Crippen molar-refractivity contribution in [2.45, 2.75) is 24.3 Å². The van der Waals surface area contributed by atoms with E-state index in [0.717, 1.165) is 4.68 Å². The Morgan fingerprint density at radius 3 is 2.22 bits per heavy atom. The lowest BCUT2D eigenvalue weighted by atomic mass is 10.0. The Morgan fingerprint density at radius 2 is 1.58 bits per heavy atom. The normalized spacial score (nSPS) is 11.6. The van der Waals surface area contributed by atoms with Crippen molar-refractivity contribution < 1.29 is 17.6 Å². The van der Waals surface area contributed by atoms with Crippen molar-refractivity contribution in [1.82, 2.24) is 19.7 Å². The highest BCUT2D eigenvalue weighted by atomic mass is 32.2. The van der Waals surface area contributed by atoms with E-state index in [1.165, 1.54) is 86.9 Å². The van der Waals surface area contributed by atoms with Gasteiger partial charge in [-0.1, -0.05) is 0 Å². The Balaban J connectivity index is 1.53. The minimum atomic E-state index is -3.94. The number of anilines is 2. The predicted octanol–water partition coefficient (Wildman–Crippen LogP) is 3.01. The second kappa shape index (κ2) is 9.66. The number of benzene rings is 2. The Labute approximate surface area is 205 Å². The average molecular weight is 509 g/mol. The van der Waals surface area contributed by atoms with Crippen molar-refractivity contribution >= 4 is 27.6 Å². The summed E-state index contributed by atoms with van der Waals surface area (Å²) in [6.07, 6.45) is 2.81. The molecule has 0 radical (unpaired) electrons. The van der Waals surface area contributed by atoms with Crippen molar-refractivity contribution in [3.8, 4) is 11.3 Å². The maximum Gasteiger partial charge on any atom is 0.267 e. The molecule has 12 heteroatoms. The Hall–Kier alpha value is -4.45. The third-order valence-corrected chi connectivity index (χ3v) is 6.58. The van der Waals surface area contributed by atoms with Crippen LogP contribution < -0.4 is 15.6 Å². The molecule has 0 saturated heterocycles. The number of sulfonamides is 1. The second-order valence-corrected chi connectivity index (χ2v) is 9.87. The second-order valence-electron chi connectivity index (χ2n) is 8.19. The lowest BCUT2D eigenvalue weighted by molar-refractivity contribution is -0.123. The number of nitrogens with one attached hydrogen (secondary N) is 2. The van der Waals surface area contributed by atoms with Crippen molar-refractivity contribution in [2.24, 2.45) is 0 Å². The summed E-state index contributed by atoms with van der Waals surface area (Å²) in [6.45, 7) is 3.04. The average Bonchev–Trinajstić information content (AvgIpc) is 2.85. The minimum Gasteiger partial charge on any atom is -0.324 e. The van der Waals surface area contributed by atoms with Gasteiger partial charge in [0.15, 0.2) is 0 Å². The van der Waals surface area contributed by atoms with Crippen LogP contribution in [0.3, 0.4) is 0 Å². The van der Waals surface area contributed by atoms with Crippen LogP contribution in [0.25, 0.3) is 11.3 Å². The van der Waals surface area contributed by atoms with E-state index in [4.69, 9.17) is 0 Å². The summed E-state index contributed by atoms with van der Waals surface area (Å²) in [7, 11) is -3.94. The van der Waals surface area contributed by atoms with Gasteiger partial charge in [-0.25, -0.2) is 32.2 Å². The number of amides is 1. The summed E-state index contributed by atoms with van der Waals surface area (Å²) in [6, 6.07) is 15.4. The van der Waals surface area contributed by atoms with Gasteiger partial charge < -0.3 is 5.32 Å². The summed E-state index contributed by atoms with van der Waals surface area (Å²) >= 11 is 0. The first-order valence-corrected chi connectivity index (χ1v) is 12.1. The molecular weight excluding hydrogens is 487 g/mol. The molecule has 0 atom stereocenters. The largest absolute Gasteiger partial charge is 0.324 e. The Kier molecular flexibility index (Phi) is 6.62. The molecule has 2 heterocycles. The van der Waals surface area contributed by atoms with Gasteiger partial charge in [-0.2, -0.15) is 5.10 Å². The van der Waals surface area contributed by atoms with Crippen LogP contribution in [0.2, 0.25) is 0 Å². The number of nitrogens with zero attached hydrogens (tertiary/aromatic N) is 4. The summed E-state index contributed by atoms with van der Waals surface area (Å²) in [5.41, 5.74) is -0.639. The molecule has 4 aromatic rings. The molecular formula is C24H21FN6O4S. The number of carbonyl (C=O) groups excluding carboxylic acids is 1. The molecule has 2 N–H and O–H groups in total. The smallest absolute Gasteiger partial charge is 0.267 e. The first kappa shape index (κ1) is 24.7. The van der Waals surface area contributed by atoms with Gasteiger partial charge in [0.25, 0.3) is 21.5 Å². The topological polar surface area (TPSA) is 136 Å². The van der Waals surface area contributed by atoms with Crippen LogP contribution in [0.4, 0.5) is 16.0 Å². The molecule has 184 valence electrons. The molecule has 0 aliphatic rings. The van der Waals surface area contributed by atoms with Crippen molar-refractivity contribution in [3.63, 3.8) is 0 Å². The standard InChI is InChI=1S/C24H21FN6O4S/c1-24(2,31-21(32)13-12-20(29-31)16-4-6-17(25)7-5-16)22(33)28-18-8-10-19(11-9-18)36(34,35)30-23-26-14-3-15-27-23/h3-15H,1-2H3,(H,28,33)(H,26,27,30). The number of hydrogen-bond donors (Lipinski definition) is 2. The molecule has 0 aliphatic heterocycles. The van der Waals surface area contributed by atoms with Crippen LogP contribution in [-0.4, -0.2) is 34.1 Å². The zero-order chi connectivity index (χ0) is 25.9. The number of aromatic nitrogens is 4. The van der Waals surface area contributed by atoms with Gasteiger partial charge in [0.1, 0.15) is 11.4 Å². The molecule has 0 bridgehead atoms. The van der Waals surface area contributed by atoms with Crippen LogP contribution in [0, 0.1) is 5.82 Å². The summed E-state index contributed by atoms with van der Waals surface area (Å²) in [4.78, 5) is 33.2. The van der Waals surface area contributed by atoms with Crippen LogP contribution in [0.5, 0.6) is 0 Å². The van der Waals surface area contributed by atoms with Gasteiger partial charge in [0.05, 0.1) is 10.6 Å². The number of rotatable bonds is 7. The van der Waals surface area contributed by atoms with Crippen molar-refractivity contribution in [1.29, 1.82) is 0 Å². The first-order valence-electron chi connectivity index (χ1n) is 10.6. The Bertz CT molecular complexity index is 1560. The van der Waals surface area contributed by atoms with E-state index in [1.54, 1.807) is 6.07 Å². The van der Waals surface area contributed by atoms with E-state index < -0.39 is 32.8 Å². The quantitative estimate of drug-likeness (QED) is 0.392. The van der Waals surface area contributed by atoms with Gasteiger partial charge in [0, 0.05) is 29.7 Å². The molecule has 2 aromatic heterocycles. The first-order chi connectivity index (χ1) is 17.1. The van der Waals surface area contributed by atoms with Gasteiger partial charge >= 0.3 is 0 Å². The van der Waals surface area contributed by atoms with Gasteiger partial charge in [-0.3, -0.25) is 9.59 Å². The van der Waals surface area contributed by atoms with E-state index in [2.05, 4.69) is 25.1 Å². The van der Waals surface area contributed by atoms with E-state index >= 15 is 0 Å². The highest BCUT2D eigenvalue weighted by Crippen LogP contribution is 2.21. The number of carbonyl (C=O) groups is 1. The molecule has 0 fully saturated rings. The third-order valence-electron chi connectivity index (χ3n) is 5.24. The van der Waals surface area contributed by atoms with E-state index in [-0.39, 0.29) is 10.8 Å². The minimum absolute atomic E-state index is 0.0582. The molecule has 36 heavy (non-hydrogen) atoms. The number of hydrogen-bond acceptors (Lipinski definition) is 7. The fourth-order valence-electron chi connectivity index (χ4n) is 3.21. The number of halogens is 1. The van der Waals surface area contributed by atoms with Crippen LogP contribution in [-0.2, 0) is 20.4 Å². The van der Waals surface area contributed by atoms with E-state index in [1.807, 2.05) is 0 Å². The molecule has 10 nitrogen and oxygen atoms in total. The van der Waals surface area contributed by atoms with Crippen LogP contribution in [0.1, 0.15) is 13.8 Å². The molecule has 4 rings (SSSR count). The van der Waals surface area contributed by atoms with Gasteiger partial charge in [0.2, 0.25) is 5.95 Å². The molecule has 2 aromatic carbocycles. The fourth-order valence-corrected chi connectivity index (χ4v) is 4.17. The predicted molar refractivity (Wildman–Crippen MR) is 131 cm³/mol. The maximum atomic E-state index is 13.3. The molecule has 1 amide bonds. The van der Waals surface area contributed by atoms with E-state index in [9.17, 15) is 22.4 Å². The SMILES string of the molecule is CC(C)(C(=O)Nc1ccc(S(=O)(=O)Nc2ncccn2)cc1)n1nc(-c2ccc(F)cc2)ccc1=O. The van der Waals surface area contributed by atoms with Crippen LogP contribution >= 0.6 is 0 Å². The lowest BCUT2D eigenvalue weighted by Crippen LogP contribution is -2.47. The zero-order valence-electron chi connectivity index (χ0n) is 19.2. The van der Waals surface area contributed by atoms with Gasteiger partial charge in [-0.05, 0) is 74.5 Å². The highest BCUT2D eigenvalue weighted by Gasteiger charge is 2.32. The van der Waals surface area contributed by atoms with E-state index in [0.29, 0.717) is 16.9 Å². The van der Waals surface area contributed by atoms with Gasteiger partial charge in [-0.15, -0.1) is 0 Å². The molecule has 0 aliphatic carbocycles. The zero-order valence-corrected chi connectivity index (χ0v) is 20.0.